The second-order valence-electron chi connectivity index (χ2n) is 15.4. The van der Waals surface area contributed by atoms with Crippen molar-refractivity contribution in [2.75, 3.05) is 0 Å². The minimum absolute atomic E-state index is 0. The van der Waals surface area contributed by atoms with E-state index in [9.17, 15) is 0 Å². The first-order chi connectivity index (χ1) is 20.7. The van der Waals surface area contributed by atoms with Crippen molar-refractivity contribution in [1.29, 1.82) is 0 Å². The van der Waals surface area contributed by atoms with Crippen LogP contribution in [0.4, 0.5) is 0 Å². The van der Waals surface area contributed by atoms with Gasteiger partial charge in [-0.2, -0.15) is 0 Å². The number of hydrogen-bond acceptors (Lipinski definition) is 0. The van der Waals surface area contributed by atoms with Crippen molar-refractivity contribution in [2.45, 2.75) is 90.1 Å². The smallest absolute Gasteiger partial charge is 1.00 e. The van der Waals surface area contributed by atoms with Crippen LogP contribution in [0.5, 0.6) is 0 Å². The first kappa shape index (κ1) is 36.5. The molecular weight excluding hydrogens is 679 g/mol. The van der Waals surface area contributed by atoms with E-state index in [1.807, 2.05) is 0 Å². The fourth-order valence-corrected chi connectivity index (χ4v) is 16.2. The molecule has 0 fully saturated rings. The molecule has 6 rings (SSSR count). The van der Waals surface area contributed by atoms with Crippen LogP contribution in [0.15, 0.2) is 94.3 Å². The van der Waals surface area contributed by atoms with Crippen molar-refractivity contribution < 1.29 is 46.1 Å². The van der Waals surface area contributed by atoms with E-state index in [1.54, 1.807) is 17.6 Å². The minimum Gasteiger partial charge on any atom is -1.00 e. The summed E-state index contributed by atoms with van der Waals surface area (Å²) in [5.74, 6) is 0. The summed E-state index contributed by atoms with van der Waals surface area (Å²) in [4.78, 5) is 0. The molecule has 238 valence electrons. The van der Waals surface area contributed by atoms with Crippen LogP contribution in [-0.4, -0.2) is 3.21 Å². The number of fused-ring (bicyclic) bond motifs is 3. The van der Waals surface area contributed by atoms with Gasteiger partial charge in [0.1, 0.15) is 0 Å². The third kappa shape index (κ3) is 7.09. The van der Waals surface area contributed by atoms with Gasteiger partial charge in [-0.15, -0.1) is 0 Å². The SMILES string of the molecule is Cc1cc(C)cc([C](c2cc(C)cc(C)c2)=[Zr+2]([C]2=CC=CC2)[CH]2c3cc(C(C)(C)C)ccc3-c3ccc(C(C)(C)C)cc32)c1.[Cl-].[Cl-]. The van der Waals surface area contributed by atoms with Crippen LogP contribution in [0.2, 0.25) is 0 Å². The summed E-state index contributed by atoms with van der Waals surface area (Å²) in [6, 6.07) is 29.4. The van der Waals surface area contributed by atoms with Crippen molar-refractivity contribution in [1.82, 2.24) is 0 Å². The van der Waals surface area contributed by atoms with Crippen molar-refractivity contribution in [3.05, 3.63) is 150 Å². The van der Waals surface area contributed by atoms with Crippen LogP contribution in [0.3, 0.4) is 0 Å². The summed E-state index contributed by atoms with van der Waals surface area (Å²) >= 11 is -2.77. The Morgan fingerprint density at radius 3 is 1.35 bits per heavy atom. The maximum atomic E-state index is 2.60. The van der Waals surface area contributed by atoms with E-state index in [0.717, 1.165) is 6.42 Å². The third-order valence-electron chi connectivity index (χ3n) is 9.44. The van der Waals surface area contributed by atoms with Crippen molar-refractivity contribution >= 4 is 3.21 Å². The van der Waals surface area contributed by atoms with Gasteiger partial charge in [-0.1, -0.05) is 0 Å². The molecule has 2 aliphatic carbocycles. The zero-order valence-corrected chi connectivity index (χ0v) is 33.2. The summed E-state index contributed by atoms with van der Waals surface area (Å²) in [7, 11) is 0. The minimum atomic E-state index is -2.77. The largest absolute Gasteiger partial charge is 1.00 e. The van der Waals surface area contributed by atoms with Crippen LogP contribution in [-0.2, 0) is 32.1 Å². The molecule has 0 saturated carbocycles. The summed E-state index contributed by atoms with van der Waals surface area (Å²) in [6.45, 7) is 23.2. The molecule has 0 amide bonds. The standard InChI is InChI=1S/C21H25.C17H18.C5H5.2ClH.Zr/c1-20(2,3)16-7-9-18-14(12-16)11-15-13-17(21(4,5)6)8-10-19(15)18;1-12-5-13(2)8-16(7-12)11-17-9-14(3)6-15(4)10-17;1-2-4-5-3-1;;;/h7-13H,1-6H3;5-10H,1-4H3;1-3H,4H2;2*1H;/q;;;;;+2/p-2. The quantitative estimate of drug-likeness (QED) is 0.267. The third-order valence-corrected chi connectivity index (χ3v) is 17.7. The summed E-state index contributed by atoms with van der Waals surface area (Å²) < 4.78 is 3.76. The van der Waals surface area contributed by atoms with Gasteiger partial charge in [0.05, 0.1) is 0 Å². The second kappa shape index (κ2) is 13.7. The van der Waals surface area contributed by atoms with Crippen LogP contribution in [0.25, 0.3) is 11.1 Å². The van der Waals surface area contributed by atoms with E-state index in [-0.39, 0.29) is 35.6 Å². The molecule has 0 radical (unpaired) electrons. The molecule has 0 atom stereocenters. The van der Waals surface area contributed by atoms with Crippen molar-refractivity contribution in [2.24, 2.45) is 0 Å². The Hall–Kier alpha value is -2.31. The zero-order chi connectivity index (χ0) is 31.6. The number of allylic oxidation sites excluding steroid dienone is 4. The van der Waals surface area contributed by atoms with Crippen molar-refractivity contribution in [3.63, 3.8) is 0 Å². The normalized spacial score (nSPS) is 13.6. The molecule has 4 aromatic rings. The van der Waals surface area contributed by atoms with E-state index >= 15 is 0 Å². The average molecular weight is 727 g/mol. The number of aryl methyl sites for hydroxylation is 4. The molecule has 0 aromatic heterocycles. The summed E-state index contributed by atoms with van der Waals surface area (Å²) in [5.41, 5.74) is 17.3. The van der Waals surface area contributed by atoms with Crippen molar-refractivity contribution in [3.8, 4) is 11.1 Å². The summed E-state index contributed by atoms with van der Waals surface area (Å²) in [5, 5.41) is 0. The first-order valence-electron chi connectivity index (χ1n) is 16.3. The van der Waals surface area contributed by atoms with Gasteiger partial charge in [-0.05, 0) is 0 Å². The molecule has 0 heterocycles. The van der Waals surface area contributed by atoms with Gasteiger partial charge in [-0.25, -0.2) is 0 Å². The molecule has 0 N–H and O–H groups in total. The Balaban J connectivity index is 0.00000240. The van der Waals surface area contributed by atoms with Crippen LogP contribution >= 0.6 is 0 Å². The predicted octanol–water partition coefficient (Wildman–Crippen LogP) is 5.32. The number of halogens is 2. The molecule has 0 aliphatic heterocycles. The molecule has 3 heteroatoms. The fourth-order valence-electron chi connectivity index (χ4n) is 7.36. The van der Waals surface area contributed by atoms with E-state index in [0.29, 0.717) is 3.63 Å². The van der Waals surface area contributed by atoms with Gasteiger partial charge in [-0.3, -0.25) is 0 Å². The zero-order valence-electron chi connectivity index (χ0n) is 29.2. The maximum Gasteiger partial charge on any atom is -1.00 e. The van der Waals surface area contributed by atoms with E-state index < -0.39 is 21.3 Å². The van der Waals surface area contributed by atoms with Gasteiger partial charge in [0.25, 0.3) is 0 Å². The Morgan fingerprint density at radius 2 is 1.00 bits per heavy atom. The van der Waals surface area contributed by atoms with E-state index in [1.165, 1.54) is 55.6 Å². The van der Waals surface area contributed by atoms with E-state index in [2.05, 4.69) is 160 Å². The van der Waals surface area contributed by atoms with Gasteiger partial charge < -0.3 is 24.8 Å². The Morgan fingerprint density at radius 1 is 0.587 bits per heavy atom. The molecule has 0 bridgehead atoms. The molecule has 4 aromatic carbocycles. The summed E-state index contributed by atoms with van der Waals surface area (Å²) in [6.07, 6.45) is 8.29. The molecule has 2 aliphatic rings. The molecule has 46 heavy (non-hydrogen) atoms. The first-order valence-corrected chi connectivity index (χ1v) is 20.2. The molecular formula is C43H48Cl2Zr. The van der Waals surface area contributed by atoms with E-state index in [4.69, 9.17) is 0 Å². The van der Waals surface area contributed by atoms with Gasteiger partial charge >= 0.3 is 276 Å². The Labute approximate surface area is 298 Å². The molecule has 0 spiro atoms. The number of benzene rings is 4. The molecule has 0 saturated heterocycles. The number of hydrogen-bond donors (Lipinski definition) is 0. The fraction of sp³-hybridized carbons (Fsp3) is 0.326. The topological polar surface area (TPSA) is 0 Å². The Kier molecular flexibility index (Phi) is 10.9. The Bertz CT molecular complexity index is 1730. The number of rotatable bonds is 4. The van der Waals surface area contributed by atoms with Crippen LogP contribution < -0.4 is 24.8 Å². The average Bonchev–Trinajstić information content (AvgIpc) is 3.55. The molecule has 0 nitrogen and oxygen atoms in total. The monoisotopic (exact) mass is 724 g/mol. The second-order valence-corrected chi connectivity index (χ2v) is 21.7. The van der Waals surface area contributed by atoms with Crippen LogP contribution in [0.1, 0.15) is 107 Å². The molecule has 0 unspecified atom stereocenters. The maximum absolute atomic E-state index is 2.77. The predicted molar refractivity (Wildman–Crippen MR) is 188 cm³/mol. The van der Waals surface area contributed by atoms with Gasteiger partial charge in [0.2, 0.25) is 0 Å². The van der Waals surface area contributed by atoms with Crippen LogP contribution in [0, 0.1) is 27.7 Å². The van der Waals surface area contributed by atoms with Gasteiger partial charge in [0.15, 0.2) is 0 Å². The van der Waals surface area contributed by atoms with Gasteiger partial charge in [0, 0.05) is 0 Å².